The van der Waals surface area contributed by atoms with Gasteiger partial charge in [-0.25, -0.2) is 9.97 Å². The quantitative estimate of drug-likeness (QED) is 0.818. The molecule has 1 aromatic heterocycles. The lowest BCUT2D eigenvalue weighted by molar-refractivity contribution is 0.305. The highest BCUT2D eigenvalue weighted by Crippen LogP contribution is 2.35. The number of aromatic nitrogens is 2. The maximum atomic E-state index is 6.11. The minimum atomic E-state index is 0.209. The van der Waals surface area contributed by atoms with Gasteiger partial charge in [0, 0.05) is 11.1 Å². The lowest BCUT2D eigenvalue weighted by Crippen LogP contribution is -2.42. The van der Waals surface area contributed by atoms with Crippen LogP contribution in [0.4, 0.5) is 5.82 Å². The molecule has 1 heterocycles. The molecule has 1 aliphatic carbocycles. The zero-order valence-corrected chi connectivity index (χ0v) is 10.6. The Morgan fingerprint density at radius 2 is 2.19 bits per heavy atom. The number of halogens is 1. The van der Waals surface area contributed by atoms with E-state index in [9.17, 15) is 0 Å². The van der Waals surface area contributed by atoms with Gasteiger partial charge in [-0.15, -0.1) is 0 Å². The third kappa shape index (κ3) is 2.29. The van der Waals surface area contributed by atoms with E-state index < -0.39 is 0 Å². The predicted octanol–water partition coefficient (Wildman–Crippen LogP) is 3.44. The molecule has 1 aliphatic rings. The summed E-state index contributed by atoms with van der Waals surface area (Å²) in [6.45, 7) is 4.38. The Kier molecular flexibility index (Phi) is 3.33. The molecule has 0 radical (unpaired) electrons. The fourth-order valence-corrected chi connectivity index (χ4v) is 2.32. The van der Waals surface area contributed by atoms with Gasteiger partial charge in [0.1, 0.15) is 17.3 Å². The van der Waals surface area contributed by atoms with Crippen molar-refractivity contribution in [3.8, 4) is 0 Å². The summed E-state index contributed by atoms with van der Waals surface area (Å²) in [6, 6.07) is 0. The lowest BCUT2D eigenvalue weighted by atomic mass is 9.78. The van der Waals surface area contributed by atoms with Gasteiger partial charge in [0.25, 0.3) is 0 Å². The highest BCUT2D eigenvalue weighted by Gasteiger charge is 2.32. The van der Waals surface area contributed by atoms with E-state index in [1.165, 1.54) is 25.6 Å². The highest BCUT2D eigenvalue weighted by molar-refractivity contribution is 6.30. The number of rotatable bonds is 4. The maximum Gasteiger partial charge on any atom is 0.137 e. The smallest absolute Gasteiger partial charge is 0.137 e. The molecule has 1 fully saturated rings. The van der Waals surface area contributed by atoms with Crippen LogP contribution in [0.25, 0.3) is 0 Å². The summed E-state index contributed by atoms with van der Waals surface area (Å²) in [4.78, 5) is 8.37. The molecule has 1 aromatic rings. The summed E-state index contributed by atoms with van der Waals surface area (Å²) in [6.07, 6.45) is 7.23. The van der Waals surface area contributed by atoms with Crippen LogP contribution in [-0.4, -0.2) is 15.5 Å². The largest absolute Gasteiger partial charge is 0.365 e. The minimum absolute atomic E-state index is 0.209. The standard InChI is InChI=1S/C12H18ClN3/c1-3-5-9-10(13)14-8-15-11(9)16-12(2)6-4-7-12/h8H,3-7H2,1-2H3,(H,14,15,16). The zero-order chi connectivity index (χ0) is 11.6. The molecule has 0 amide bonds. The summed E-state index contributed by atoms with van der Waals surface area (Å²) in [7, 11) is 0. The van der Waals surface area contributed by atoms with Crippen molar-refractivity contribution in [2.45, 2.75) is 51.5 Å². The molecule has 16 heavy (non-hydrogen) atoms. The summed E-state index contributed by atoms with van der Waals surface area (Å²) < 4.78 is 0. The zero-order valence-electron chi connectivity index (χ0n) is 9.89. The van der Waals surface area contributed by atoms with Crippen molar-refractivity contribution >= 4 is 17.4 Å². The first-order valence-electron chi connectivity index (χ1n) is 5.92. The molecular formula is C12H18ClN3. The van der Waals surface area contributed by atoms with E-state index in [1.807, 2.05) is 0 Å². The van der Waals surface area contributed by atoms with Gasteiger partial charge in [0.15, 0.2) is 0 Å². The Bertz CT molecular complexity index is 375. The van der Waals surface area contributed by atoms with E-state index in [0.29, 0.717) is 5.15 Å². The number of hydrogen-bond donors (Lipinski definition) is 1. The van der Waals surface area contributed by atoms with Crippen molar-refractivity contribution in [2.24, 2.45) is 0 Å². The van der Waals surface area contributed by atoms with Gasteiger partial charge in [-0.1, -0.05) is 24.9 Å². The second-order valence-corrected chi connectivity index (χ2v) is 5.14. The van der Waals surface area contributed by atoms with Crippen LogP contribution in [0.3, 0.4) is 0 Å². The number of nitrogens with one attached hydrogen (secondary N) is 1. The second kappa shape index (κ2) is 4.58. The summed E-state index contributed by atoms with van der Waals surface area (Å²) in [5.74, 6) is 0.920. The molecule has 0 aromatic carbocycles. The highest BCUT2D eigenvalue weighted by atomic mass is 35.5. The van der Waals surface area contributed by atoms with Crippen LogP contribution in [0.5, 0.6) is 0 Å². The fourth-order valence-electron chi connectivity index (χ4n) is 2.09. The number of hydrogen-bond acceptors (Lipinski definition) is 3. The topological polar surface area (TPSA) is 37.8 Å². The Morgan fingerprint density at radius 1 is 1.44 bits per heavy atom. The van der Waals surface area contributed by atoms with Gasteiger partial charge in [-0.2, -0.15) is 0 Å². The van der Waals surface area contributed by atoms with Gasteiger partial charge >= 0.3 is 0 Å². The first kappa shape index (κ1) is 11.6. The third-order valence-corrected chi connectivity index (χ3v) is 3.60. The van der Waals surface area contributed by atoms with Crippen molar-refractivity contribution in [2.75, 3.05) is 5.32 Å². The van der Waals surface area contributed by atoms with Gasteiger partial charge in [0.05, 0.1) is 0 Å². The Hall–Kier alpha value is -0.830. The van der Waals surface area contributed by atoms with Gasteiger partial charge in [-0.3, -0.25) is 0 Å². The average Bonchev–Trinajstić information content (AvgIpc) is 2.21. The summed E-state index contributed by atoms with van der Waals surface area (Å²) >= 11 is 6.11. The summed E-state index contributed by atoms with van der Waals surface area (Å²) in [5, 5.41) is 4.10. The third-order valence-electron chi connectivity index (χ3n) is 3.27. The van der Waals surface area contributed by atoms with Gasteiger partial charge < -0.3 is 5.32 Å². The second-order valence-electron chi connectivity index (χ2n) is 4.78. The van der Waals surface area contributed by atoms with E-state index in [-0.39, 0.29) is 5.54 Å². The fraction of sp³-hybridized carbons (Fsp3) is 0.667. The SMILES string of the molecule is CCCc1c(Cl)ncnc1NC1(C)CCC1. The van der Waals surface area contributed by atoms with Crippen molar-refractivity contribution in [3.63, 3.8) is 0 Å². The molecule has 1 N–H and O–H groups in total. The van der Waals surface area contributed by atoms with E-state index in [2.05, 4.69) is 29.1 Å². The molecule has 1 saturated carbocycles. The van der Waals surface area contributed by atoms with Crippen molar-refractivity contribution < 1.29 is 0 Å². The predicted molar refractivity (Wildman–Crippen MR) is 66.9 cm³/mol. The van der Waals surface area contributed by atoms with Crippen LogP contribution in [0.15, 0.2) is 6.33 Å². The number of nitrogens with zero attached hydrogens (tertiary/aromatic N) is 2. The molecule has 2 rings (SSSR count). The lowest BCUT2D eigenvalue weighted by Gasteiger charge is -2.40. The van der Waals surface area contributed by atoms with Crippen LogP contribution in [0, 0.1) is 0 Å². The molecule has 4 heteroatoms. The average molecular weight is 240 g/mol. The van der Waals surface area contributed by atoms with Crippen LogP contribution in [-0.2, 0) is 6.42 Å². The molecule has 0 spiro atoms. The first-order valence-corrected chi connectivity index (χ1v) is 6.30. The monoisotopic (exact) mass is 239 g/mol. The normalized spacial score (nSPS) is 17.9. The van der Waals surface area contributed by atoms with Gasteiger partial charge in [0.2, 0.25) is 0 Å². The first-order chi connectivity index (χ1) is 7.64. The molecule has 88 valence electrons. The Balaban J connectivity index is 2.21. The molecule has 0 saturated heterocycles. The molecule has 0 aliphatic heterocycles. The maximum absolute atomic E-state index is 6.11. The van der Waals surface area contributed by atoms with Crippen molar-refractivity contribution in [3.05, 3.63) is 17.0 Å². The number of anilines is 1. The van der Waals surface area contributed by atoms with Crippen LogP contribution in [0.2, 0.25) is 5.15 Å². The van der Waals surface area contributed by atoms with Crippen LogP contribution in [0.1, 0.15) is 45.1 Å². The minimum Gasteiger partial charge on any atom is -0.365 e. The molecular weight excluding hydrogens is 222 g/mol. The molecule has 0 atom stereocenters. The molecule has 0 bridgehead atoms. The van der Waals surface area contributed by atoms with E-state index in [4.69, 9.17) is 11.6 Å². The van der Waals surface area contributed by atoms with Gasteiger partial charge in [-0.05, 0) is 32.6 Å². The summed E-state index contributed by atoms with van der Waals surface area (Å²) in [5.41, 5.74) is 1.26. The van der Waals surface area contributed by atoms with Crippen molar-refractivity contribution in [1.29, 1.82) is 0 Å². The van der Waals surface area contributed by atoms with E-state index in [0.717, 1.165) is 24.2 Å². The van der Waals surface area contributed by atoms with Crippen LogP contribution >= 0.6 is 11.6 Å². The van der Waals surface area contributed by atoms with Crippen molar-refractivity contribution in [1.82, 2.24) is 9.97 Å². The van der Waals surface area contributed by atoms with Crippen LogP contribution < -0.4 is 5.32 Å². The Labute approximate surface area is 102 Å². The van der Waals surface area contributed by atoms with E-state index >= 15 is 0 Å². The Morgan fingerprint density at radius 3 is 2.75 bits per heavy atom. The molecule has 0 unspecified atom stereocenters. The van der Waals surface area contributed by atoms with E-state index in [1.54, 1.807) is 0 Å². The molecule has 3 nitrogen and oxygen atoms in total.